The molecule has 1 N–H and O–H groups in total. The summed E-state index contributed by atoms with van der Waals surface area (Å²) < 4.78 is 19.4. The van der Waals surface area contributed by atoms with E-state index in [-0.39, 0.29) is 24.7 Å². The number of para-hydroxylation sites is 1. The van der Waals surface area contributed by atoms with Gasteiger partial charge < -0.3 is 10.1 Å². The molecule has 0 saturated heterocycles. The van der Waals surface area contributed by atoms with E-state index in [0.717, 1.165) is 4.47 Å². The Morgan fingerprint density at radius 2 is 1.85 bits per heavy atom. The minimum Gasteiger partial charge on any atom is -0.490 e. The predicted octanol–water partition coefficient (Wildman–Crippen LogP) is 4.00. The standard InChI is InChI=1S/C15H13BrFNO2/c16-11-5-7-12(8-6-11)18-15(19)9-10-20-14-4-2-1-3-13(14)17/h1-8H,9-10H2,(H,18,19). The third kappa shape index (κ3) is 4.35. The van der Waals surface area contributed by atoms with Crippen molar-refractivity contribution in [3.05, 3.63) is 58.8 Å². The number of halogens is 2. The average molecular weight is 338 g/mol. The van der Waals surface area contributed by atoms with Gasteiger partial charge in [0.15, 0.2) is 11.6 Å². The SMILES string of the molecule is O=C(CCOc1ccccc1F)Nc1ccc(Br)cc1. The van der Waals surface area contributed by atoms with Crippen LogP contribution in [0.3, 0.4) is 0 Å². The van der Waals surface area contributed by atoms with Crippen molar-refractivity contribution in [3.8, 4) is 5.75 Å². The van der Waals surface area contributed by atoms with Crippen molar-refractivity contribution in [1.29, 1.82) is 0 Å². The Kier molecular flexibility index (Phi) is 5.12. The predicted molar refractivity (Wildman–Crippen MR) is 79.3 cm³/mol. The van der Waals surface area contributed by atoms with Gasteiger partial charge in [0.2, 0.25) is 5.91 Å². The second-order valence-electron chi connectivity index (χ2n) is 4.08. The van der Waals surface area contributed by atoms with Crippen LogP contribution in [-0.4, -0.2) is 12.5 Å². The van der Waals surface area contributed by atoms with Crippen molar-refractivity contribution in [1.82, 2.24) is 0 Å². The van der Waals surface area contributed by atoms with Crippen LogP contribution in [0.2, 0.25) is 0 Å². The molecule has 104 valence electrons. The zero-order valence-corrected chi connectivity index (χ0v) is 12.2. The van der Waals surface area contributed by atoms with E-state index < -0.39 is 5.82 Å². The number of anilines is 1. The van der Waals surface area contributed by atoms with Gasteiger partial charge in [-0.3, -0.25) is 4.79 Å². The van der Waals surface area contributed by atoms with E-state index in [9.17, 15) is 9.18 Å². The molecule has 0 bridgehead atoms. The molecule has 0 aliphatic rings. The molecule has 5 heteroatoms. The van der Waals surface area contributed by atoms with Crippen molar-refractivity contribution >= 4 is 27.5 Å². The van der Waals surface area contributed by atoms with E-state index in [0.29, 0.717) is 5.69 Å². The van der Waals surface area contributed by atoms with Crippen LogP contribution in [0.4, 0.5) is 10.1 Å². The molecule has 0 aliphatic carbocycles. The number of amides is 1. The van der Waals surface area contributed by atoms with Crippen LogP contribution in [0, 0.1) is 5.82 Å². The smallest absolute Gasteiger partial charge is 0.227 e. The third-order valence-corrected chi connectivity index (χ3v) is 3.08. The third-order valence-electron chi connectivity index (χ3n) is 2.55. The molecular formula is C15H13BrFNO2. The molecule has 2 rings (SSSR count). The second-order valence-corrected chi connectivity index (χ2v) is 5.00. The molecule has 2 aromatic carbocycles. The Balaban J connectivity index is 1.78. The van der Waals surface area contributed by atoms with Gasteiger partial charge in [0.1, 0.15) is 0 Å². The summed E-state index contributed by atoms with van der Waals surface area (Å²) in [6, 6.07) is 13.4. The maximum atomic E-state index is 13.3. The first kappa shape index (κ1) is 14.5. The molecule has 0 fully saturated rings. The molecular weight excluding hydrogens is 325 g/mol. The first-order valence-corrected chi connectivity index (χ1v) is 6.87. The molecule has 0 radical (unpaired) electrons. The number of carbonyl (C=O) groups excluding carboxylic acids is 1. The lowest BCUT2D eigenvalue weighted by atomic mass is 10.3. The normalized spacial score (nSPS) is 10.1. The van der Waals surface area contributed by atoms with Gasteiger partial charge >= 0.3 is 0 Å². The molecule has 0 saturated carbocycles. The molecule has 0 heterocycles. The molecule has 0 spiro atoms. The number of hydrogen-bond donors (Lipinski definition) is 1. The van der Waals surface area contributed by atoms with E-state index in [1.54, 1.807) is 24.3 Å². The maximum Gasteiger partial charge on any atom is 0.227 e. The second kappa shape index (κ2) is 7.05. The number of benzene rings is 2. The summed E-state index contributed by atoms with van der Waals surface area (Å²) in [6.07, 6.45) is 0.157. The molecule has 0 aromatic heterocycles. The van der Waals surface area contributed by atoms with Crippen LogP contribution in [0.15, 0.2) is 53.0 Å². The lowest BCUT2D eigenvalue weighted by Gasteiger charge is -2.08. The highest BCUT2D eigenvalue weighted by Crippen LogP contribution is 2.16. The molecule has 2 aromatic rings. The summed E-state index contributed by atoms with van der Waals surface area (Å²) in [5, 5.41) is 2.74. The number of ether oxygens (including phenoxy) is 1. The van der Waals surface area contributed by atoms with Crippen molar-refractivity contribution in [2.75, 3.05) is 11.9 Å². The molecule has 0 atom stereocenters. The van der Waals surface area contributed by atoms with Crippen LogP contribution in [0.5, 0.6) is 5.75 Å². The van der Waals surface area contributed by atoms with Gasteiger partial charge in [-0.05, 0) is 36.4 Å². The number of carbonyl (C=O) groups is 1. The van der Waals surface area contributed by atoms with Gasteiger partial charge in [0.05, 0.1) is 13.0 Å². The van der Waals surface area contributed by atoms with Gasteiger partial charge in [-0.1, -0.05) is 28.1 Å². The Hall–Kier alpha value is -1.88. The fourth-order valence-electron chi connectivity index (χ4n) is 1.57. The van der Waals surface area contributed by atoms with Crippen molar-refractivity contribution in [2.45, 2.75) is 6.42 Å². The number of rotatable bonds is 5. The Bertz CT molecular complexity index is 587. The van der Waals surface area contributed by atoms with E-state index in [1.807, 2.05) is 12.1 Å². The highest BCUT2D eigenvalue weighted by molar-refractivity contribution is 9.10. The van der Waals surface area contributed by atoms with E-state index in [1.165, 1.54) is 12.1 Å². The largest absolute Gasteiger partial charge is 0.490 e. The Morgan fingerprint density at radius 3 is 2.55 bits per heavy atom. The number of nitrogens with one attached hydrogen (secondary N) is 1. The average Bonchev–Trinajstić information content (AvgIpc) is 2.43. The molecule has 0 unspecified atom stereocenters. The van der Waals surface area contributed by atoms with Crippen LogP contribution in [-0.2, 0) is 4.79 Å². The van der Waals surface area contributed by atoms with Gasteiger partial charge in [-0.15, -0.1) is 0 Å². The maximum absolute atomic E-state index is 13.3. The summed E-state index contributed by atoms with van der Waals surface area (Å²) in [5.41, 5.74) is 0.712. The molecule has 1 amide bonds. The number of hydrogen-bond acceptors (Lipinski definition) is 2. The Morgan fingerprint density at radius 1 is 1.15 bits per heavy atom. The van der Waals surface area contributed by atoms with E-state index in [2.05, 4.69) is 21.2 Å². The topological polar surface area (TPSA) is 38.3 Å². The summed E-state index contributed by atoms with van der Waals surface area (Å²) in [6.45, 7) is 0.128. The van der Waals surface area contributed by atoms with Crippen molar-refractivity contribution in [3.63, 3.8) is 0 Å². The summed E-state index contributed by atoms with van der Waals surface area (Å²) >= 11 is 3.32. The highest BCUT2D eigenvalue weighted by atomic mass is 79.9. The van der Waals surface area contributed by atoms with Gasteiger partial charge in [0, 0.05) is 10.2 Å². The lowest BCUT2D eigenvalue weighted by Crippen LogP contribution is -2.15. The zero-order valence-electron chi connectivity index (χ0n) is 10.6. The molecule has 3 nitrogen and oxygen atoms in total. The van der Waals surface area contributed by atoms with Crippen LogP contribution < -0.4 is 10.1 Å². The van der Waals surface area contributed by atoms with E-state index >= 15 is 0 Å². The van der Waals surface area contributed by atoms with Crippen LogP contribution in [0.1, 0.15) is 6.42 Å². The summed E-state index contributed by atoms with van der Waals surface area (Å²) in [7, 11) is 0. The first-order valence-electron chi connectivity index (χ1n) is 6.08. The Labute approximate surface area is 124 Å². The van der Waals surface area contributed by atoms with Crippen molar-refractivity contribution in [2.24, 2.45) is 0 Å². The zero-order chi connectivity index (χ0) is 14.4. The minimum absolute atomic E-state index is 0.128. The monoisotopic (exact) mass is 337 g/mol. The fraction of sp³-hybridized carbons (Fsp3) is 0.133. The van der Waals surface area contributed by atoms with Gasteiger partial charge in [-0.2, -0.15) is 0 Å². The summed E-state index contributed by atoms with van der Waals surface area (Å²) in [4.78, 5) is 11.7. The van der Waals surface area contributed by atoms with E-state index in [4.69, 9.17) is 4.74 Å². The molecule has 20 heavy (non-hydrogen) atoms. The first-order chi connectivity index (χ1) is 9.65. The van der Waals surface area contributed by atoms with Crippen molar-refractivity contribution < 1.29 is 13.9 Å². The van der Waals surface area contributed by atoms with Gasteiger partial charge in [-0.25, -0.2) is 4.39 Å². The quantitative estimate of drug-likeness (QED) is 0.895. The molecule has 0 aliphatic heterocycles. The minimum atomic E-state index is -0.430. The summed E-state index contributed by atoms with van der Waals surface area (Å²) in [5.74, 6) is -0.451. The van der Waals surface area contributed by atoms with Crippen LogP contribution in [0.25, 0.3) is 0 Å². The fourth-order valence-corrected chi connectivity index (χ4v) is 1.84. The lowest BCUT2D eigenvalue weighted by molar-refractivity contribution is -0.116. The van der Waals surface area contributed by atoms with Gasteiger partial charge in [0.25, 0.3) is 0 Å². The highest BCUT2D eigenvalue weighted by Gasteiger charge is 2.05. The van der Waals surface area contributed by atoms with Crippen LogP contribution >= 0.6 is 15.9 Å².